The van der Waals surface area contributed by atoms with E-state index in [-0.39, 0.29) is 59.2 Å². The lowest BCUT2D eigenvalue weighted by atomic mass is 9.85. The van der Waals surface area contributed by atoms with Crippen LogP contribution in [0.2, 0.25) is 0 Å². The molecule has 0 bridgehead atoms. The summed E-state index contributed by atoms with van der Waals surface area (Å²) in [5, 5.41) is 26.5. The molecular formula is C52H63N7O11S2. The number of nitrogens with one attached hydrogen (secondary N) is 5. The number of hydrogen-bond donors (Lipinski definition) is 6. The summed E-state index contributed by atoms with van der Waals surface area (Å²) < 4.78 is 21.9. The Morgan fingerprint density at radius 2 is 1.44 bits per heavy atom. The molecule has 6 amide bonds. The van der Waals surface area contributed by atoms with Crippen molar-refractivity contribution in [1.82, 2.24) is 20.5 Å². The molecule has 1 fully saturated rings. The number of aromatic nitrogens is 1. The number of amides is 6. The first kappa shape index (κ1) is 54.8. The van der Waals surface area contributed by atoms with Gasteiger partial charge in [-0.05, 0) is 97.6 Å². The van der Waals surface area contributed by atoms with Gasteiger partial charge in [0.2, 0.25) is 23.6 Å². The van der Waals surface area contributed by atoms with E-state index in [1.807, 2.05) is 54.8 Å². The van der Waals surface area contributed by atoms with Crippen molar-refractivity contribution >= 4 is 75.4 Å². The Hall–Kier alpha value is -6.55. The Morgan fingerprint density at radius 3 is 2.07 bits per heavy atom. The quantitative estimate of drug-likeness (QED) is 0.0399. The fraction of sp³-hybridized carbons (Fsp3) is 0.404. The molecule has 1 aliphatic heterocycles. The molecule has 72 heavy (non-hydrogen) atoms. The molecule has 5 aromatic rings. The lowest BCUT2D eigenvalue weighted by molar-refractivity contribution is -0.144. The second-order valence-corrected chi connectivity index (χ2v) is 20.9. The number of thiophene rings is 1. The van der Waals surface area contributed by atoms with E-state index in [1.165, 1.54) is 4.90 Å². The largest absolute Gasteiger partial charge is 0.444 e. The number of aryl methyl sites for hydroxylation is 1. The molecule has 1 aliphatic rings. The molecule has 1 saturated heterocycles. The molecule has 6 N–H and O–H groups in total. The number of anilines is 3. The second kappa shape index (κ2) is 25.2. The number of likely N-dealkylation sites (tertiary alicyclic amines) is 1. The van der Waals surface area contributed by atoms with Crippen LogP contribution in [-0.4, -0.2) is 121 Å². The van der Waals surface area contributed by atoms with Crippen molar-refractivity contribution in [1.29, 1.82) is 0 Å². The number of β-amino-alcohol motifs (C(OH)–C–C–N with tert-alkyl or cyclic N) is 1. The summed E-state index contributed by atoms with van der Waals surface area (Å²) >= 11 is 3.10. The fourth-order valence-corrected chi connectivity index (χ4v) is 9.05. The molecule has 3 heterocycles. The predicted molar refractivity (Wildman–Crippen MR) is 277 cm³/mol. The smallest absolute Gasteiger partial charge is 0.412 e. The maximum absolute atomic E-state index is 13.9. The first-order valence-electron chi connectivity index (χ1n) is 23.4. The highest BCUT2D eigenvalue weighted by atomic mass is 32.1. The molecule has 0 aliphatic carbocycles. The average Bonchev–Trinajstić information content (AvgIpc) is 4.11. The summed E-state index contributed by atoms with van der Waals surface area (Å²) in [7, 11) is 0. The van der Waals surface area contributed by atoms with Gasteiger partial charge in [-0.25, -0.2) is 9.78 Å². The van der Waals surface area contributed by atoms with Gasteiger partial charge in [0.15, 0.2) is 0 Å². The van der Waals surface area contributed by atoms with Gasteiger partial charge in [0, 0.05) is 35.6 Å². The Kier molecular flexibility index (Phi) is 19.2. The fourth-order valence-electron chi connectivity index (χ4n) is 7.51. The highest BCUT2D eigenvalue weighted by Gasteiger charge is 2.44. The zero-order chi connectivity index (χ0) is 52.0. The number of thiazole rings is 1. The molecule has 0 saturated carbocycles. The van der Waals surface area contributed by atoms with Crippen molar-refractivity contribution in [2.75, 3.05) is 62.1 Å². The van der Waals surface area contributed by atoms with Gasteiger partial charge in [-0.1, -0.05) is 57.2 Å². The molecule has 0 unspecified atom stereocenters. The third-order valence-corrected chi connectivity index (χ3v) is 13.0. The average molecular weight is 1030 g/mol. The molecule has 3 atom stereocenters. The van der Waals surface area contributed by atoms with Crippen LogP contribution >= 0.6 is 22.7 Å². The zero-order valence-electron chi connectivity index (χ0n) is 41.5. The molecule has 6 rings (SSSR count). The van der Waals surface area contributed by atoms with Gasteiger partial charge in [0.1, 0.15) is 30.9 Å². The maximum atomic E-state index is 13.9. The minimum Gasteiger partial charge on any atom is -0.444 e. The highest BCUT2D eigenvalue weighted by molar-refractivity contribution is 7.13. The standard InChI is InChI=1S/C52H63N7O11S2/c1-32-45(72-31-54-32)34-12-10-33(11-13-34)27-53-48(64)41-26-38(60)28-59(41)49(65)46(51(2,3)4)58-44(62)30-69-23-21-67-20-22-68-29-43(61)55-37-17-14-35(15-18-37)47(63)56-40-25-36(42-9-8-24-71-42)16-19-39(40)57-50(66)70-52(5,6)7/h8-19,24-25,31,38,41,46,60H,20-23,26-30H2,1-7H3,(H,53,64)(H,55,61)(H,56,63)(H,57,66)(H,58,62)/t38-,41+,46-/m1/s1. The van der Waals surface area contributed by atoms with E-state index < -0.39 is 64.8 Å². The van der Waals surface area contributed by atoms with Crippen molar-refractivity contribution in [2.45, 2.75) is 85.2 Å². The monoisotopic (exact) mass is 1030 g/mol. The summed E-state index contributed by atoms with van der Waals surface area (Å²) in [6.45, 7) is 12.7. The number of nitrogens with zero attached hydrogens (tertiary/aromatic N) is 2. The first-order valence-corrected chi connectivity index (χ1v) is 25.2. The third-order valence-electron chi connectivity index (χ3n) is 11.1. The highest BCUT2D eigenvalue weighted by Crippen LogP contribution is 2.33. The molecular weight excluding hydrogens is 963 g/mol. The van der Waals surface area contributed by atoms with Gasteiger partial charge in [-0.15, -0.1) is 22.7 Å². The topological polar surface area (TPSA) is 236 Å². The number of aliphatic hydroxyl groups is 1. The van der Waals surface area contributed by atoms with E-state index >= 15 is 0 Å². The zero-order valence-corrected chi connectivity index (χ0v) is 43.1. The minimum absolute atomic E-state index is 0.0464. The van der Waals surface area contributed by atoms with Crippen LogP contribution in [0.4, 0.5) is 21.9 Å². The van der Waals surface area contributed by atoms with Gasteiger partial charge in [0.25, 0.3) is 5.91 Å². The lowest BCUT2D eigenvalue weighted by Gasteiger charge is -2.35. The van der Waals surface area contributed by atoms with Gasteiger partial charge < -0.3 is 50.2 Å². The van der Waals surface area contributed by atoms with E-state index in [4.69, 9.17) is 18.9 Å². The SMILES string of the molecule is Cc1ncsc1-c1ccc(CNC(=O)[C@@H]2C[C@@H](O)CN2C(=O)[C@@H](NC(=O)COCCOCCOCC(=O)Nc2ccc(C(=O)Nc3cc(-c4cccs4)ccc3NC(=O)OC(C)(C)C)cc2)C(C)(C)C)cc1. The number of carbonyl (C=O) groups is 6. The minimum atomic E-state index is -1.01. The molecule has 384 valence electrons. The molecule has 0 spiro atoms. The number of ether oxygens (including phenoxy) is 4. The van der Waals surface area contributed by atoms with Crippen LogP contribution in [0.5, 0.6) is 0 Å². The Balaban J connectivity index is 0.867. The van der Waals surface area contributed by atoms with Gasteiger partial charge in [-0.3, -0.25) is 29.3 Å². The maximum Gasteiger partial charge on any atom is 0.412 e. The van der Waals surface area contributed by atoms with Crippen LogP contribution in [0.25, 0.3) is 20.9 Å². The number of carbonyl (C=O) groups excluding carboxylic acids is 6. The van der Waals surface area contributed by atoms with Crippen molar-refractivity contribution in [3.8, 4) is 20.9 Å². The van der Waals surface area contributed by atoms with E-state index in [9.17, 15) is 33.9 Å². The van der Waals surface area contributed by atoms with Crippen molar-refractivity contribution in [3.63, 3.8) is 0 Å². The van der Waals surface area contributed by atoms with Crippen LogP contribution in [0.3, 0.4) is 0 Å². The first-order chi connectivity index (χ1) is 34.2. The normalized spacial score (nSPS) is 15.1. The van der Waals surface area contributed by atoms with Crippen molar-refractivity contribution in [3.05, 3.63) is 107 Å². The molecule has 18 nitrogen and oxygen atoms in total. The molecule has 3 aromatic carbocycles. The van der Waals surface area contributed by atoms with E-state index in [1.54, 1.807) is 106 Å². The molecule has 20 heteroatoms. The molecule has 0 radical (unpaired) electrons. The Bertz CT molecular complexity index is 2640. The van der Waals surface area contributed by atoms with Crippen LogP contribution in [0, 0.1) is 12.3 Å². The van der Waals surface area contributed by atoms with Crippen LogP contribution in [0.15, 0.2) is 89.8 Å². The van der Waals surface area contributed by atoms with E-state index in [0.717, 1.165) is 32.1 Å². The number of rotatable bonds is 21. The third kappa shape index (κ3) is 16.2. The Morgan fingerprint density at radius 1 is 0.778 bits per heavy atom. The van der Waals surface area contributed by atoms with Gasteiger partial charge >= 0.3 is 6.09 Å². The summed E-state index contributed by atoms with van der Waals surface area (Å²) in [4.78, 5) is 86.6. The number of benzene rings is 3. The van der Waals surface area contributed by atoms with Gasteiger partial charge in [-0.2, -0.15) is 0 Å². The van der Waals surface area contributed by atoms with Gasteiger partial charge in [0.05, 0.1) is 60.0 Å². The number of aliphatic hydroxyl groups excluding tert-OH is 1. The summed E-state index contributed by atoms with van der Waals surface area (Å²) in [5.41, 5.74) is 5.55. The van der Waals surface area contributed by atoms with E-state index in [2.05, 4.69) is 31.6 Å². The van der Waals surface area contributed by atoms with Crippen LogP contribution < -0.4 is 26.6 Å². The summed E-state index contributed by atoms with van der Waals surface area (Å²) in [6.07, 6.45) is -1.49. The number of hydrogen-bond acceptors (Lipinski definition) is 14. The van der Waals surface area contributed by atoms with Crippen LogP contribution in [-0.2, 0) is 44.7 Å². The van der Waals surface area contributed by atoms with Crippen molar-refractivity contribution < 1.29 is 52.8 Å². The summed E-state index contributed by atoms with van der Waals surface area (Å²) in [5.74, 6) is -2.27. The summed E-state index contributed by atoms with van der Waals surface area (Å²) in [6, 6.07) is 21.4. The second-order valence-electron chi connectivity index (χ2n) is 19.1. The van der Waals surface area contributed by atoms with E-state index in [0.29, 0.717) is 22.6 Å². The van der Waals surface area contributed by atoms with Crippen molar-refractivity contribution in [2.24, 2.45) is 5.41 Å². The Labute approximate surface area is 427 Å². The van der Waals surface area contributed by atoms with Crippen LogP contribution in [0.1, 0.15) is 69.6 Å². The molecule has 2 aromatic heterocycles. The predicted octanol–water partition coefficient (Wildman–Crippen LogP) is 7.24. The lowest BCUT2D eigenvalue weighted by Crippen LogP contribution is -2.58.